The summed E-state index contributed by atoms with van der Waals surface area (Å²) in [5, 5.41) is 17.4. The maximum atomic E-state index is 8.77. The highest BCUT2D eigenvalue weighted by Crippen LogP contribution is 2.08. The van der Waals surface area contributed by atoms with Gasteiger partial charge in [-0.25, -0.2) is 0 Å². The lowest BCUT2D eigenvalue weighted by Gasteiger charge is -2.08. The average Bonchev–Trinajstić information content (AvgIpc) is 2.17. The third-order valence-corrected chi connectivity index (χ3v) is 1.63. The minimum Gasteiger partial charge on any atom is -0.390 e. The number of hydrogen-bond acceptors (Lipinski definition) is 4. The summed E-state index contributed by atoms with van der Waals surface area (Å²) < 4.78 is 0. The van der Waals surface area contributed by atoms with Crippen LogP contribution in [0.2, 0.25) is 0 Å². The fourth-order valence-electron chi connectivity index (χ4n) is 0.893. The minimum atomic E-state index is -0.212. The van der Waals surface area contributed by atoms with Gasteiger partial charge < -0.3 is 10.3 Å². The Bertz CT molecular complexity index is 253. The molecule has 1 heterocycles. The molecule has 0 aliphatic heterocycles. The minimum absolute atomic E-state index is 0.0774. The number of nitrogens with zero attached hydrogens (tertiary/aromatic N) is 1. The fourth-order valence-corrected chi connectivity index (χ4v) is 0.893. The molecular weight excluding hydrogens is 156 g/mol. The first kappa shape index (κ1) is 9.12. The van der Waals surface area contributed by atoms with Crippen LogP contribution in [0.1, 0.15) is 24.4 Å². The van der Waals surface area contributed by atoms with Gasteiger partial charge in [0, 0.05) is 0 Å². The van der Waals surface area contributed by atoms with Crippen LogP contribution in [-0.4, -0.2) is 15.3 Å². The molecule has 0 aromatic carbocycles. The number of aromatic nitrogens is 1. The molecule has 4 nitrogen and oxygen atoms in total. The van der Waals surface area contributed by atoms with Crippen LogP contribution in [0.4, 0.5) is 0 Å². The Hall–Kier alpha value is -0.970. The molecule has 0 aliphatic carbocycles. The fraction of sp³-hybridized carbons (Fsp3) is 0.375. The second kappa shape index (κ2) is 4.15. The van der Waals surface area contributed by atoms with Gasteiger partial charge in [0.05, 0.1) is 24.0 Å². The third-order valence-electron chi connectivity index (χ3n) is 1.63. The smallest absolute Gasteiger partial charge is 0.0853 e. The van der Waals surface area contributed by atoms with Crippen molar-refractivity contribution in [2.24, 2.45) is 0 Å². The molecule has 0 saturated heterocycles. The van der Waals surface area contributed by atoms with E-state index in [2.05, 4.69) is 10.5 Å². The Morgan fingerprint density at radius 1 is 1.58 bits per heavy atom. The van der Waals surface area contributed by atoms with Gasteiger partial charge in [0.1, 0.15) is 0 Å². The molecule has 1 aromatic heterocycles. The Balaban J connectivity index is 2.86. The van der Waals surface area contributed by atoms with E-state index in [4.69, 9.17) is 10.3 Å². The van der Waals surface area contributed by atoms with Crippen LogP contribution < -0.4 is 5.48 Å². The van der Waals surface area contributed by atoms with Crippen molar-refractivity contribution in [3.63, 3.8) is 0 Å². The summed E-state index contributed by atoms with van der Waals surface area (Å²) in [6, 6.07) is 5.10. The first-order valence-electron chi connectivity index (χ1n) is 3.74. The van der Waals surface area contributed by atoms with Crippen LogP contribution in [-0.2, 0) is 6.61 Å². The van der Waals surface area contributed by atoms with Crippen molar-refractivity contribution in [3.8, 4) is 0 Å². The molecule has 1 rings (SSSR count). The standard InChI is InChI=1S/C8H12N2O2/c1-6(10-12)8-4-2-3-7(5-11)9-8/h2-4,6,10-12H,5H2,1H3. The van der Waals surface area contributed by atoms with Crippen molar-refractivity contribution < 1.29 is 10.3 Å². The lowest BCUT2D eigenvalue weighted by atomic mass is 10.2. The summed E-state index contributed by atoms with van der Waals surface area (Å²) in [5.41, 5.74) is 3.41. The summed E-state index contributed by atoms with van der Waals surface area (Å²) in [5.74, 6) is 0. The third kappa shape index (κ3) is 2.01. The zero-order chi connectivity index (χ0) is 8.97. The number of nitrogens with one attached hydrogen (secondary N) is 1. The van der Waals surface area contributed by atoms with Gasteiger partial charge in [-0.1, -0.05) is 6.07 Å². The number of aliphatic hydroxyl groups excluding tert-OH is 1. The summed E-state index contributed by atoms with van der Waals surface area (Å²) in [7, 11) is 0. The summed E-state index contributed by atoms with van der Waals surface area (Å²) in [4.78, 5) is 4.09. The van der Waals surface area contributed by atoms with Crippen molar-refractivity contribution in [1.82, 2.24) is 10.5 Å². The van der Waals surface area contributed by atoms with E-state index < -0.39 is 0 Å². The molecule has 0 fully saturated rings. The van der Waals surface area contributed by atoms with E-state index in [0.29, 0.717) is 11.4 Å². The quantitative estimate of drug-likeness (QED) is 0.579. The summed E-state index contributed by atoms with van der Waals surface area (Å²) in [6.45, 7) is 1.70. The molecule has 4 heteroatoms. The molecule has 3 N–H and O–H groups in total. The molecule has 0 amide bonds. The molecule has 12 heavy (non-hydrogen) atoms. The van der Waals surface area contributed by atoms with Gasteiger partial charge in [-0.05, 0) is 19.1 Å². The van der Waals surface area contributed by atoms with Gasteiger partial charge in [-0.2, -0.15) is 5.48 Å². The van der Waals surface area contributed by atoms with Gasteiger partial charge in [0.2, 0.25) is 0 Å². The first-order chi connectivity index (χ1) is 5.77. The molecule has 1 aromatic rings. The number of rotatable bonds is 3. The van der Waals surface area contributed by atoms with Gasteiger partial charge in [-0.3, -0.25) is 4.98 Å². The van der Waals surface area contributed by atoms with Gasteiger partial charge in [-0.15, -0.1) is 0 Å². The first-order valence-corrected chi connectivity index (χ1v) is 3.74. The van der Waals surface area contributed by atoms with E-state index in [1.54, 1.807) is 25.1 Å². The van der Waals surface area contributed by atoms with E-state index in [1.165, 1.54) is 0 Å². The van der Waals surface area contributed by atoms with Crippen LogP contribution >= 0.6 is 0 Å². The molecule has 1 atom stereocenters. The highest BCUT2D eigenvalue weighted by molar-refractivity contribution is 5.12. The monoisotopic (exact) mass is 168 g/mol. The van der Waals surface area contributed by atoms with Crippen molar-refractivity contribution in [3.05, 3.63) is 29.6 Å². The molecule has 0 bridgehead atoms. The van der Waals surface area contributed by atoms with Gasteiger partial charge in [0.25, 0.3) is 0 Å². The van der Waals surface area contributed by atoms with Crippen molar-refractivity contribution >= 4 is 0 Å². The van der Waals surface area contributed by atoms with Crippen LogP contribution in [0.3, 0.4) is 0 Å². The number of aliphatic hydroxyl groups is 1. The van der Waals surface area contributed by atoms with Crippen LogP contribution in [0.5, 0.6) is 0 Å². The Morgan fingerprint density at radius 2 is 2.33 bits per heavy atom. The largest absolute Gasteiger partial charge is 0.390 e. The Morgan fingerprint density at radius 3 is 2.92 bits per heavy atom. The SMILES string of the molecule is CC(NO)c1cccc(CO)n1. The van der Waals surface area contributed by atoms with E-state index in [1.807, 2.05) is 0 Å². The Kier molecular flexibility index (Phi) is 3.16. The molecule has 0 saturated carbocycles. The number of hydroxylamine groups is 1. The highest BCUT2D eigenvalue weighted by Gasteiger charge is 2.04. The normalized spacial score (nSPS) is 12.9. The Labute approximate surface area is 70.8 Å². The molecule has 1 unspecified atom stereocenters. The predicted octanol–water partition coefficient (Wildman–Crippen LogP) is 0.614. The molecular formula is C8H12N2O2. The maximum Gasteiger partial charge on any atom is 0.0853 e. The molecule has 66 valence electrons. The van der Waals surface area contributed by atoms with Gasteiger partial charge in [0.15, 0.2) is 0 Å². The van der Waals surface area contributed by atoms with E-state index in [9.17, 15) is 0 Å². The maximum absolute atomic E-state index is 8.77. The summed E-state index contributed by atoms with van der Waals surface area (Å²) >= 11 is 0. The van der Waals surface area contributed by atoms with Crippen molar-refractivity contribution in [1.29, 1.82) is 0 Å². The molecule has 0 aliphatic rings. The van der Waals surface area contributed by atoms with Crippen LogP contribution in [0.25, 0.3) is 0 Å². The van der Waals surface area contributed by atoms with Crippen LogP contribution in [0, 0.1) is 0 Å². The number of hydrogen-bond donors (Lipinski definition) is 3. The molecule has 0 radical (unpaired) electrons. The lowest BCUT2D eigenvalue weighted by molar-refractivity contribution is 0.131. The predicted molar refractivity (Wildman–Crippen MR) is 43.5 cm³/mol. The second-order valence-electron chi connectivity index (χ2n) is 2.56. The zero-order valence-electron chi connectivity index (χ0n) is 6.86. The number of pyridine rings is 1. The lowest BCUT2D eigenvalue weighted by Crippen LogP contribution is -2.15. The molecule has 0 spiro atoms. The van der Waals surface area contributed by atoms with Gasteiger partial charge >= 0.3 is 0 Å². The van der Waals surface area contributed by atoms with E-state index in [0.717, 1.165) is 0 Å². The van der Waals surface area contributed by atoms with Crippen molar-refractivity contribution in [2.45, 2.75) is 19.6 Å². The van der Waals surface area contributed by atoms with E-state index in [-0.39, 0.29) is 12.6 Å². The van der Waals surface area contributed by atoms with Crippen LogP contribution in [0.15, 0.2) is 18.2 Å². The topological polar surface area (TPSA) is 65.4 Å². The summed E-state index contributed by atoms with van der Waals surface area (Å²) in [6.07, 6.45) is 0. The zero-order valence-corrected chi connectivity index (χ0v) is 6.86. The second-order valence-corrected chi connectivity index (χ2v) is 2.56. The highest BCUT2D eigenvalue weighted by atomic mass is 16.5. The van der Waals surface area contributed by atoms with E-state index >= 15 is 0 Å². The average molecular weight is 168 g/mol. The van der Waals surface area contributed by atoms with Crippen molar-refractivity contribution in [2.75, 3.05) is 0 Å².